The van der Waals surface area contributed by atoms with Crippen molar-refractivity contribution in [2.24, 2.45) is 0 Å². The SMILES string of the molecule is O=C(NS(=O)(=O)O)[C@@H]1CC[C@H]2CN1C(=O)N2OS(=O)(=O)O. The monoisotopic (exact) mass is 345 g/mol. The van der Waals surface area contributed by atoms with Crippen LogP contribution >= 0.6 is 0 Å². The van der Waals surface area contributed by atoms with Crippen LogP contribution in [0.25, 0.3) is 0 Å². The van der Waals surface area contributed by atoms with Gasteiger partial charge in [0.05, 0.1) is 6.04 Å². The molecule has 14 heteroatoms. The van der Waals surface area contributed by atoms with E-state index in [9.17, 15) is 26.4 Å². The Labute approximate surface area is 119 Å². The van der Waals surface area contributed by atoms with Crippen molar-refractivity contribution in [1.82, 2.24) is 14.7 Å². The molecule has 2 bridgehead atoms. The molecule has 21 heavy (non-hydrogen) atoms. The molecule has 12 nitrogen and oxygen atoms in total. The maximum Gasteiger partial charge on any atom is 0.418 e. The molecular weight excluding hydrogens is 334 g/mol. The summed E-state index contributed by atoms with van der Waals surface area (Å²) in [5.41, 5.74) is 0. The molecule has 2 saturated heterocycles. The van der Waals surface area contributed by atoms with E-state index in [1.807, 2.05) is 0 Å². The number of nitrogens with one attached hydrogen (secondary N) is 1. The quantitative estimate of drug-likeness (QED) is 0.483. The van der Waals surface area contributed by atoms with Crippen LogP contribution in [-0.2, 0) is 29.8 Å². The summed E-state index contributed by atoms with van der Waals surface area (Å²) in [5.74, 6) is -1.13. The van der Waals surface area contributed by atoms with Crippen LogP contribution in [0, 0.1) is 0 Å². The van der Waals surface area contributed by atoms with Crippen LogP contribution in [0.4, 0.5) is 4.79 Å². The predicted molar refractivity (Wildman–Crippen MR) is 63.1 cm³/mol. The normalized spacial score (nSPS) is 26.1. The Kier molecular flexibility index (Phi) is 3.83. The lowest BCUT2D eigenvalue weighted by Gasteiger charge is -2.28. The molecule has 0 aliphatic carbocycles. The maximum absolute atomic E-state index is 11.9. The average Bonchev–Trinajstić information content (AvgIpc) is 2.51. The van der Waals surface area contributed by atoms with Gasteiger partial charge in [-0.05, 0) is 12.8 Å². The lowest BCUT2D eigenvalue weighted by atomic mass is 10.0. The van der Waals surface area contributed by atoms with Gasteiger partial charge >= 0.3 is 26.7 Å². The van der Waals surface area contributed by atoms with Gasteiger partial charge in [0.1, 0.15) is 6.04 Å². The van der Waals surface area contributed by atoms with E-state index in [2.05, 4.69) is 4.28 Å². The van der Waals surface area contributed by atoms with E-state index in [0.717, 1.165) is 4.90 Å². The van der Waals surface area contributed by atoms with E-state index in [1.54, 1.807) is 0 Å². The number of hydroxylamine groups is 2. The Balaban J connectivity index is 2.16. The van der Waals surface area contributed by atoms with Crippen LogP contribution in [0.2, 0.25) is 0 Å². The Hall–Kier alpha value is -1.48. The highest BCUT2D eigenvalue weighted by atomic mass is 32.3. The number of amides is 3. The molecule has 3 N–H and O–H groups in total. The third-order valence-corrected chi connectivity index (χ3v) is 3.84. The summed E-state index contributed by atoms with van der Waals surface area (Å²) >= 11 is 0. The highest BCUT2D eigenvalue weighted by Crippen LogP contribution is 2.30. The zero-order valence-electron chi connectivity index (χ0n) is 10.2. The first-order valence-electron chi connectivity index (χ1n) is 5.54. The molecule has 0 unspecified atom stereocenters. The van der Waals surface area contributed by atoms with E-state index in [4.69, 9.17) is 9.11 Å². The van der Waals surface area contributed by atoms with Crippen LogP contribution in [-0.4, -0.2) is 66.5 Å². The number of nitrogens with zero attached hydrogens (tertiary/aromatic N) is 2. The molecule has 0 radical (unpaired) electrons. The second-order valence-electron chi connectivity index (χ2n) is 4.45. The van der Waals surface area contributed by atoms with E-state index >= 15 is 0 Å². The summed E-state index contributed by atoms with van der Waals surface area (Å²) in [4.78, 5) is 24.5. The smallest absolute Gasteiger partial charge is 0.309 e. The maximum atomic E-state index is 11.9. The second-order valence-corrected chi connectivity index (χ2v) is 6.61. The summed E-state index contributed by atoms with van der Waals surface area (Å²) in [6.07, 6.45) is 0.171. The topological polar surface area (TPSA) is 171 Å². The number of urea groups is 1. The van der Waals surface area contributed by atoms with Gasteiger partial charge in [0.15, 0.2) is 0 Å². The summed E-state index contributed by atoms with van der Waals surface area (Å²) in [7, 11) is -9.67. The van der Waals surface area contributed by atoms with E-state index in [-0.39, 0.29) is 19.4 Å². The molecule has 2 aliphatic rings. The number of hydrogen-bond acceptors (Lipinski definition) is 7. The fourth-order valence-electron chi connectivity index (χ4n) is 2.30. The fraction of sp³-hybridized carbons (Fsp3) is 0.714. The third-order valence-electron chi connectivity index (χ3n) is 3.03. The second kappa shape index (κ2) is 5.06. The fourth-order valence-corrected chi connectivity index (χ4v) is 3.08. The summed E-state index contributed by atoms with van der Waals surface area (Å²) in [6, 6.07) is -2.91. The largest absolute Gasteiger partial charge is 0.418 e. The molecule has 2 rings (SSSR count). The van der Waals surface area contributed by atoms with Gasteiger partial charge < -0.3 is 4.90 Å². The minimum atomic E-state index is -4.90. The van der Waals surface area contributed by atoms with Crippen LogP contribution in [0.3, 0.4) is 0 Å². The number of rotatable bonds is 4. The zero-order chi connectivity index (χ0) is 16.0. The molecule has 0 aromatic heterocycles. The van der Waals surface area contributed by atoms with Gasteiger partial charge in [-0.25, -0.2) is 9.52 Å². The number of fused-ring (bicyclic) bond motifs is 2. The molecule has 2 heterocycles. The van der Waals surface area contributed by atoms with Crippen molar-refractivity contribution in [3.63, 3.8) is 0 Å². The predicted octanol–water partition coefficient (Wildman–Crippen LogP) is -2.09. The lowest BCUT2D eigenvalue weighted by molar-refractivity contribution is -0.124. The standard InChI is InChI=1S/C7H11N3O9S2/c11-6(8-20(13,14)15)5-2-1-4-3-9(5)7(12)10(4)19-21(16,17)18/h4-5H,1-3H2,(H,8,11)(H,13,14,15)(H,16,17,18)/t4-,5-/m0/s1. The van der Waals surface area contributed by atoms with Gasteiger partial charge in [0, 0.05) is 6.54 Å². The van der Waals surface area contributed by atoms with Gasteiger partial charge in [-0.3, -0.25) is 13.9 Å². The first-order valence-corrected chi connectivity index (χ1v) is 8.34. The minimum absolute atomic E-state index is 0.0308. The summed E-state index contributed by atoms with van der Waals surface area (Å²) in [5, 5.41) is 0.413. The van der Waals surface area contributed by atoms with Crippen LogP contribution in [0.5, 0.6) is 0 Å². The third kappa shape index (κ3) is 3.59. The number of piperidine rings is 1. The van der Waals surface area contributed by atoms with Crippen LogP contribution in [0.1, 0.15) is 12.8 Å². The molecule has 2 fully saturated rings. The molecule has 0 spiro atoms. The van der Waals surface area contributed by atoms with Crippen molar-refractivity contribution >= 4 is 32.6 Å². The van der Waals surface area contributed by atoms with Crippen molar-refractivity contribution in [2.75, 3.05) is 6.54 Å². The van der Waals surface area contributed by atoms with E-state index < -0.39 is 44.7 Å². The first kappa shape index (κ1) is 15.9. The van der Waals surface area contributed by atoms with Crippen LogP contribution in [0.15, 0.2) is 0 Å². The van der Waals surface area contributed by atoms with E-state index in [0.29, 0.717) is 5.06 Å². The van der Waals surface area contributed by atoms with E-state index in [1.165, 1.54) is 4.72 Å². The Bertz CT molecular complexity index is 671. The highest BCUT2D eigenvalue weighted by molar-refractivity contribution is 7.84. The van der Waals surface area contributed by atoms with Crippen molar-refractivity contribution in [1.29, 1.82) is 0 Å². The van der Waals surface area contributed by atoms with Crippen molar-refractivity contribution in [3.8, 4) is 0 Å². The number of hydrogen-bond donors (Lipinski definition) is 3. The zero-order valence-corrected chi connectivity index (χ0v) is 11.9. The average molecular weight is 345 g/mol. The Morgan fingerprint density at radius 3 is 2.38 bits per heavy atom. The summed E-state index contributed by atoms with van der Waals surface area (Å²) < 4.78 is 65.1. The molecule has 0 aromatic carbocycles. The molecule has 3 amide bonds. The number of carbonyl (C=O) groups excluding carboxylic acids is 2. The molecule has 0 aromatic rings. The van der Waals surface area contributed by atoms with Crippen molar-refractivity contribution < 1.29 is 39.8 Å². The first-order chi connectivity index (χ1) is 9.48. The van der Waals surface area contributed by atoms with Gasteiger partial charge in [0.2, 0.25) is 0 Å². The Morgan fingerprint density at radius 2 is 1.86 bits per heavy atom. The van der Waals surface area contributed by atoms with Gasteiger partial charge in [-0.15, -0.1) is 4.28 Å². The summed E-state index contributed by atoms with van der Waals surface area (Å²) in [6.45, 7) is -0.0854. The Morgan fingerprint density at radius 1 is 1.24 bits per heavy atom. The van der Waals surface area contributed by atoms with Gasteiger partial charge in [-0.1, -0.05) is 0 Å². The van der Waals surface area contributed by atoms with Crippen molar-refractivity contribution in [3.05, 3.63) is 0 Å². The van der Waals surface area contributed by atoms with Gasteiger partial charge in [0.25, 0.3) is 5.91 Å². The lowest BCUT2D eigenvalue weighted by Crippen LogP contribution is -2.50. The molecule has 0 saturated carbocycles. The van der Waals surface area contributed by atoms with Gasteiger partial charge in [-0.2, -0.15) is 21.9 Å². The number of carbonyl (C=O) groups is 2. The highest BCUT2D eigenvalue weighted by Gasteiger charge is 2.49. The minimum Gasteiger partial charge on any atom is -0.309 e. The molecule has 2 aliphatic heterocycles. The van der Waals surface area contributed by atoms with Crippen LogP contribution < -0.4 is 4.72 Å². The molecule has 120 valence electrons. The van der Waals surface area contributed by atoms with Crippen molar-refractivity contribution in [2.45, 2.75) is 24.9 Å². The molecule has 2 atom stereocenters. The molecular formula is C7H11N3O9S2.